The van der Waals surface area contributed by atoms with E-state index >= 15 is 0 Å². The van der Waals surface area contributed by atoms with Crippen LogP contribution in [0.25, 0.3) is 0 Å². The van der Waals surface area contributed by atoms with Gasteiger partial charge in [-0.3, -0.25) is 9.32 Å². The first kappa shape index (κ1) is 41.8. The molecule has 0 aromatic carbocycles. The zero-order chi connectivity index (χ0) is 30.5. The van der Waals surface area contributed by atoms with Crippen molar-refractivity contribution in [1.82, 2.24) is 0 Å². The van der Waals surface area contributed by atoms with Crippen molar-refractivity contribution < 1.29 is 52.3 Å². The molecule has 11 nitrogen and oxygen atoms in total. The molecule has 0 saturated carbocycles. The number of rotatable bonds is 27. The molecule has 0 fully saturated rings. The molecule has 0 spiro atoms. The van der Waals surface area contributed by atoms with Crippen LogP contribution >= 0.6 is 15.6 Å². The third-order valence-electron chi connectivity index (χ3n) is 6.23. The maximum Gasteiger partial charge on any atom is 0.499 e. The van der Waals surface area contributed by atoms with Crippen molar-refractivity contribution in [2.75, 3.05) is 19.8 Å². The maximum absolute atomic E-state index is 12.3. The zero-order valence-corrected chi connectivity index (χ0v) is 27.0. The van der Waals surface area contributed by atoms with Gasteiger partial charge >= 0.3 is 21.6 Å². The van der Waals surface area contributed by atoms with E-state index < -0.39 is 15.6 Å². The van der Waals surface area contributed by atoms with E-state index in [-0.39, 0.29) is 31.7 Å². The van der Waals surface area contributed by atoms with Gasteiger partial charge in [0.15, 0.2) is 0 Å². The third-order valence-corrected chi connectivity index (χ3v) is 7.11. The molecule has 13 heteroatoms. The third kappa shape index (κ3) is 35.7. The number of unbranched alkanes of at least 4 members (excludes halogenated alkanes) is 15. The minimum Gasteiger partial charge on any atom is -0.463 e. The highest BCUT2D eigenvalue weighted by Crippen LogP contribution is 2.42. The van der Waals surface area contributed by atoms with Gasteiger partial charge in [-0.25, -0.2) is 14.0 Å². The van der Waals surface area contributed by atoms with E-state index in [0.29, 0.717) is 0 Å². The Morgan fingerprint density at radius 3 is 1.45 bits per heavy atom. The zero-order valence-electron chi connectivity index (χ0n) is 25.2. The second-order valence-corrected chi connectivity index (χ2v) is 12.4. The molecule has 0 aromatic heterocycles. The van der Waals surface area contributed by atoms with Crippen molar-refractivity contribution in [3.8, 4) is 0 Å². The molecule has 0 heterocycles. The lowest BCUT2D eigenvalue weighted by Gasteiger charge is -2.15. The number of hydrogen-bond acceptors (Lipinski definition) is 7. The molecule has 0 saturated heterocycles. The van der Waals surface area contributed by atoms with E-state index in [1.54, 1.807) is 6.92 Å². The first-order valence-electron chi connectivity index (χ1n) is 15.2. The fourth-order valence-electron chi connectivity index (χ4n) is 4.25. The number of carbonyl (C=O) groups excluding carboxylic acids is 1. The molecule has 40 heavy (non-hydrogen) atoms. The standard InChI is InChI=1S/C27H55O7P.H3O4P/c1-4-7-8-9-10-11-12-13-14-15-16-17-18-19-20-21-23-26(22-5-2)27(28)31-24-25-32-34-35(29,30)33-6-3;1-5(2,3)4/h26H,4-25H2,1-3H3,(H,29,30);(H3,1,2,3,4). The molecule has 0 radical (unpaired) electrons. The Morgan fingerprint density at radius 1 is 0.625 bits per heavy atom. The first-order valence-corrected chi connectivity index (χ1v) is 18.3. The summed E-state index contributed by atoms with van der Waals surface area (Å²) in [6, 6.07) is 0. The van der Waals surface area contributed by atoms with Crippen LogP contribution in [-0.4, -0.2) is 45.4 Å². The molecule has 0 aromatic rings. The van der Waals surface area contributed by atoms with Crippen LogP contribution in [0.3, 0.4) is 0 Å². The van der Waals surface area contributed by atoms with Crippen molar-refractivity contribution >= 4 is 21.6 Å². The van der Waals surface area contributed by atoms with Crippen LogP contribution in [0, 0.1) is 5.92 Å². The summed E-state index contributed by atoms with van der Waals surface area (Å²) in [5, 5.41) is 0. The summed E-state index contributed by atoms with van der Waals surface area (Å²) < 4.78 is 34.3. The average molecular weight is 621 g/mol. The van der Waals surface area contributed by atoms with Crippen LogP contribution in [0.2, 0.25) is 0 Å². The molecular formula is C27H58O11P2. The molecule has 0 rings (SSSR count). The Kier molecular flexibility index (Phi) is 30.0. The van der Waals surface area contributed by atoms with Crippen LogP contribution < -0.4 is 0 Å². The molecule has 242 valence electrons. The highest BCUT2D eigenvalue weighted by Gasteiger charge is 2.22. The van der Waals surface area contributed by atoms with Crippen LogP contribution in [0.4, 0.5) is 0 Å². The lowest BCUT2D eigenvalue weighted by Crippen LogP contribution is -2.20. The molecular weight excluding hydrogens is 562 g/mol. The minimum atomic E-state index is -4.64. The van der Waals surface area contributed by atoms with E-state index in [0.717, 1.165) is 32.1 Å². The van der Waals surface area contributed by atoms with Gasteiger partial charge in [0.1, 0.15) is 13.2 Å². The normalized spacial score (nSPS) is 13.8. The Hall–Kier alpha value is -0.350. The van der Waals surface area contributed by atoms with Gasteiger partial charge in [-0.05, 0) is 19.8 Å². The van der Waals surface area contributed by atoms with Crippen LogP contribution in [0.1, 0.15) is 143 Å². The molecule has 4 N–H and O–H groups in total. The van der Waals surface area contributed by atoms with Gasteiger partial charge in [0.2, 0.25) is 0 Å². The predicted octanol–water partition coefficient (Wildman–Crippen LogP) is 7.75. The van der Waals surface area contributed by atoms with Crippen molar-refractivity contribution in [3.63, 3.8) is 0 Å². The molecule has 2 atom stereocenters. The summed E-state index contributed by atoms with van der Waals surface area (Å²) >= 11 is 0. The monoisotopic (exact) mass is 620 g/mol. The fraction of sp³-hybridized carbons (Fsp3) is 0.963. The van der Waals surface area contributed by atoms with Crippen molar-refractivity contribution in [2.45, 2.75) is 143 Å². The quantitative estimate of drug-likeness (QED) is 0.0233. The molecule has 0 amide bonds. The molecule has 0 aliphatic rings. The van der Waals surface area contributed by atoms with Gasteiger partial charge in [-0.1, -0.05) is 123 Å². The van der Waals surface area contributed by atoms with E-state index in [4.69, 9.17) is 24.0 Å². The van der Waals surface area contributed by atoms with Gasteiger partial charge < -0.3 is 24.3 Å². The summed E-state index contributed by atoms with van der Waals surface area (Å²) in [6.45, 7) is 5.79. The van der Waals surface area contributed by atoms with Crippen molar-refractivity contribution in [3.05, 3.63) is 0 Å². The summed E-state index contributed by atoms with van der Waals surface area (Å²) in [6.07, 6.45) is 23.9. The van der Waals surface area contributed by atoms with Crippen molar-refractivity contribution in [1.29, 1.82) is 0 Å². The minimum absolute atomic E-state index is 0.0237. The fourth-order valence-corrected chi connectivity index (χ4v) is 4.83. The summed E-state index contributed by atoms with van der Waals surface area (Å²) in [7, 11) is -8.83. The second-order valence-electron chi connectivity index (χ2n) is 10.0. The van der Waals surface area contributed by atoms with Gasteiger partial charge in [0.05, 0.1) is 12.5 Å². The average Bonchev–Trinajstić information content (AvgIpc) is 2.86. The number of hydrogen-bond donors (Lipinski definition) is 4. The van der Waals surface area contributed by atoms with Crippen LogP contribution in [0.5, 0.6) is 0 Å². The number of esters is 1. The summed E-state index contributed by atoms with van der Waals surface area (Å²) in [5.74, 6) is -0.326. The van der Waals surface area contributed by atoms with E-state index in [9.17, 15) is 14.3 Å². The lowest BCUT2D eigenvalue weighted by molar-refractivity contribution is -0.231. The lowest BCUT2D eigenvalue weighted by atomic mass is 9.96. The highest BCUT2D eigenvalue weighted by molar-refractivity contribution is 7.47. The Labute approximate surface area is 242 Å². The Bertz CT molecular complexity index is 650. The van der Waals surface area contributed by atoms with E-state index in [2.05, 4.69) is 27.9 Å². The highest BCUT2D eigenvalue weighted by atomic mass is 31.2. The van der Waals surface area contributed by atoms with Crippen LogP contribution in [0.15, 0.2) is 0 Å². The molecule has 0 bridgehead atoms. The second kappa shape index (κ2) is 28.8. The maximum atomic E-state index is 12.3. The van der Waals surface area contributed by atoms with Crippen molar-refractivity contribution in [2.24, 2.45) is 5.92 Å². The molecule has 2 unspecified atom stereocenters. The van der Waals surface area contributed by atoms with E-state index in [1.807, 2.05) is 0 Å². The van der Waals surface area contributed by atoms with Crippen LogP contribution in [-0.2, 0) is 32.7 Å². The van der Waals surface area contributed by atoms with Gasteiger partial charge in [0.25, 0.3) is 0 Å². The Balaban J connectivity index is 0. The number of ether oxygens (including phenoxy) is 1. The summed E-state index contributed by atoms with van der Waals surface area (Å²) in [5.41, 5.74) is 0. The van der Waals surface area contributed by atoms with Gasteiger partial charge in [-0.15, -0.1) is 4.67 Å². The number of phosphoric ester groups is 1. The molecule has 0 aliphatic heterocycles. The summed E-state index contributed by atoms with van der Waals surface area (Å²) in [4.78, 5) is 47.8. The predicted molar refractivity (Wildman–Crippen MR) is 156 cm³/mol. The van der Waals surface area contributed by atoms with Gasteiger partial charge in [0, 0.05) is 0 Å². The largest absolute Gasteiger partial charge is 0.499 e. The topological polar surface area (TPSA) is 169 Å². The Morgan fingerprint density at radius 2 is 1.05 bits per heavy atom. The first-order chi connectivity index (χ1) is 19.0. The SMILES string of the molecule is CCCCCCCCCCCCCCCCCCC(CCC)C(=O)OCCOOP(=O)(O)OCC.O=P(O)(O)O. The number of phosphoric acid groups is 2. The van der Waals surface area contributed by atoms with E-state index in [1.165, 1.54) is 89.9 Å². The van der Waals surface area contributed by atoms with Gasteiger partial charge in [-0.2, -0.15) is 0 Å². The smallest absolute Gasteiger partial charge is 0.463 e. The number of carbonyl (C=O) groups is 1. The molecule has 0 aliphatic carbocycles.